The summed E-state index contributed by atoms with van der Waals surface area (Å²) in [5.41, 5.74) is -0.306. The van der Waals surface area contributed by atoms with Crippen molar-refractivity contribution in [3.05, 3.63) is 0 Å². The zero-order valence-electron chi connectivity index (χ0n) is 10.3. The highest BCUT2D eigenvalue weighted by atomic mass is 16.5. The van der Waals surface area contributed by atoms with E-state index in [-0.39, 0.29) is 5.54 Å². The van der Waals surface area contributed by atoms with Crippen molar-refractivity contribution in [2.24, 2.45) is 0 Å². The van der Waals surface area contributed by atoms with Crippen molar-refractivity contribution in [2.45, 2.75) is 44.7 Å². The van der Waals surface area contributed by atoms with Gasteiger partial charge in [0, 0.05) is 18.8 Å². The van der Waals surface area contributed by atoms with Gasteiger partial charge in [-0.1, -0.05) is 6.92 Å². The van der Waals surface area contributed by atoms with Gasteiger partial charge in [-0.15, -0.1) is 0 Å². The molecule has 2 amide bonds. The summed E-state index contributed by atoms with van der Waals surface area (Å²) in [5.74, 6) is -1.01. The molecule has 0 aromatic heterocycles. The first-order chi connectivity index (χ1) is 7.97. The molecule has 1 aliphatic heterocycles. The van der Waals surface area contributed by atoms with Crippen molar-refractivity contribution < 1.29 is 19.4 Å². The van der Waals surface area contributed by atoms with Gasteiger partial charge in [0.2, 0.25) is 0 Å². The Balaban J connectivity index is 2.45. The molecule has 0 bridgehead atoms. The van der Waals surface area contributed by atoms with Gasteiger partial charge in [0.25, 0.3) is 0 Å². The van der Waals surface area contributed by atoms with Gasteiger partial charge >= 0.3 is 12.0 Å². The molecule has 1 rings (SSSR count). The van der Waals surface area contributed by atoms with Crippen molar-refractivity contribution >= 4 is 12.0 Å². The van der Waals surface area contributed by atoms with Gasteiger partial charge in [0.1, 0.15) is 6.04 Å². The minimum atomic E-state index is -1.01. The third-order valence-corrected chi connectivity index (χ3v) is 3.02. The molecule has 6 nitrogen and oxygen atoms in total. The maximum Gasteiger partial charge on any atom is 0.326 e. The molecular formula is C11H20N2O4. The average molecular weight is 244 g/mol. The number of hydrogen-bond acceptors (Lipinski definition) is 3. The maximum atomic E-state index is 11.7. The number of carboxylic acid groups (broad SMARTS) is 1. The van der Waals surface area contributed by atoms with Crippen LogP contribution in [0, 0.1) is 0 Å². The lowest BCUT2D eigenvalue weighted by Crippen LogP contribution is -2.55. The first-order valence-electron chi connectivity index (χ1n) is 5.86. The molecule has 0 aromatic carbocycles. The van der Waals surface area contributed by atoms with Crippen molar-refractivity contribution in [1.82, 2.24) is 10.6 Å². The van der Waals surface area contributed by atoms with Gasteiger partial charge in [-0.3, -0.25) is 0 Å². The van der Waals surface area contributed by atoms with Crippen LogP contribution in [0.15, 0.2) is 0 Å². The minimum Gasteiger partial charge on any atom is -0.480 e. The van der Waals surface area contributed by atoms with Crippen LogP contribution in [0.2, 0.25) is 0 Å². The van der Waals surface area contributed by atoms with Gasteiger partial charge in [0.05, 0.1) is 0 Å². The summed E-state index contributed by atoms with van der Waals surface area (Å²) in [4.78, 5) is 22.4. The van der Waals surface area contributed by atoms with E-state index in [1.165, 1.54) is 0 Å². The predicted octanol–water partition coefficient (Wildman–Crippen LogP) is 0.718. The van der Waals surface area contributed by atoms with Gasteiger partial charge in [-0.05, 0) is 26.2 Å². The Morgan fingerprint density at radius 2 is 2.00 bits per heavy atom. The van der Waals surface area contributed by atoms with E-state index in [1.807, 2.05) is 6.92 Å². The van der Waals surface area contributed by atoms with Crippen LogP contribution in [0.3, 0.4) is 0 Å². The number of rotatable bonds is 4. The fraction of sp³-hybridized carbons (Fsp3) is 0.818. The number of nitrogens with one attached hydrogen (secondary N) is 2. The van der Waals surface area contributed by atoms with E-state index in [4.69, 9.17) is 9.84 Å². The first kappa shape index (κ1) is 13.8. The molecule has 0 aromatic rings. The molecular weight excluding hydrogens is 224 g/mol. The Bertz CT molecular complexity index is 287. The van der Waals surface area contributed by atoms with Crippen LogP contribution in [0.1, 0.15) is 33.1 Å². The number of ether oxygens (including phenoxy) is 1. The van der Waals surface area contributed by atoms with Gasteiger partial charge in [-0.25, -0.2) is 9.59 Å². The van der Waals surface area contributed by atoms with Crippen LogP contribution in [-0.4, -0.2) is 41.9 Å². The van der Waals surface area contributed by atoms with Crippen molar-refractivity contribution in [3.63, 3.8) is 0 Å². The molecule has 1 aliphatic rings. The van der Waals surface area contributed by atoms with Crippen molar-refractivity contribution in [3.8, 4) is 0 Å². The summed E-state index contributed by atoms with van der Waals surface area (Å²) in [6.45, 7) is 4.89. The SMILES string of the molecule is CCC(NC(=O)NC1(C)CCOCC1)C(=O)O. The molecule has 1 fully saturated rings. The lowest BCUT2D eigenvalue weighted by molar-refractivity contribution is -0.139. The summed E-state index contributed by atoms with van der Waals surface area (Å²) in [5, 5.41) is 14.1. The molecule has 98 valence electrons. The van der Waals surface area contributed by atoms with Crippen LogP contribution in [0.4, 0.5) is 4.79 Å². The fourth-order valence-corrected chi connectivity index (χ4v) is 1.75. The number of urea groups is 1. The Morgan fingerprint density at radius 3 is 2.47 bits per heavy atom. The second-order valence-corrected chi connectivity index (χ2v) is 4.57. The quantitative estimate of drug-likeness (QED) is 0.680. The summed E-state index contributed by atoms with van der Waals surface area (Å²) in [6, 6.07) is -1.26. The molecule has 1 unspecified atom stereocenters. The molecule has 6 heteroatoms. The topological polar surface area (TPSA) is 87.7 Å². The Morgan fingerprint density at radius 1 is 1.41 bits per heavy atom. The molecule has 0 spiro atoms. The number of aliphatic carboxylic acids is 1. The van der Waals surface area contributed by atoms with Gasteiger partial charge in [0.15, 0.2) is 0 Å². The van der Waals surface area contributed by atoms with Crippen LogP contribution in [0.25, 0.3) is 0 Å². The van der Waals surface area contributed by atoms with Crippen LogP contribution in [0.5, 0.6) is 0 Å². The molecule has 0 aliphatic carbocycles. The first-order valence-corrected chi connectivity index (χ1v) is 5.86. The Kier molecular flexibility index (Phi) is 4.74. The largest absolute Gasteiger partial charge is 0.480 e. The van der Waals surface area contributed by atoms with E-state index in [0.29, 0.717) is 19.6 Å². The average Bonchev–Trinajstić information content (AvgIpc) is 2.25. The normalized spacial score (nSPS) is 20.4. The second kappa shape index (κ2) is 5.86. The van der Waals surface area contributed by atoms with Gasteiger partial charge < -0.3 is 20.5 Å². The lowest BCUT2D eigenvalue weighted by atomic mass is 9.93. The van der Waals surface area contributed by atoms with E-state index in [9.17, 15) is 9.59 Å². The molecule has 1 atom stereocenters. The summed E-state index contributed by atoms with van der Waals surface area (Å²) < 4.78 is 5.22. The van der Waals surface area contributed by atoms with E-state index in [0.717, 1.165) is 12.8 Å². The smallest absolute Gasteiger partial charge is 0.326 e. The fourth-order valence-electron chi connectivity index (χ4n) is 1.75. The third-order valence-electron chi connectivity index (χ3n) is 3.02. The zero-order valence-corrected chi connectivity index (χ0v) is 10.3. The lowest BCUT2D eigenvalue weighted by Gasteiger charge is -2.34. The minimum absolute atomic E-state index is 0.306. The second-order valence-electron chi connectivity index (χ2n) is 4.57. The standard InChI is InChI=1S/C11H20N2O4/c1-3-8(9(14)15)12-10(16)13-11(2)4-6-17-7-5-11/h8H,3-7H2,1-2H3,(H,14,15)(H2,12,13,16). The van der Waals surface area contributed by atoms with E-state index in [1.54, 1.807) is 6.92 Å². The molecule has 0 radical (unpaired) electrons. The van der Waals surface area contributed by atoms with Gasteiger partial charge in [-0.2, -0.15) is 0 Å². The molecule has 1 heterocycles. The van der Waals surface area contributed by atoms with Crippen molar-refractivity contribution in [1.29, 1.82) is 0 Å². The Labute approximate surface area is 101 Å². The van der Waals surface area contributed by atoms with Crippen LogP contribution < -0.4 is 10.6 Å². The Hall–Kier alpha value is -1.30. The highest BCUT2D eigenvalue weighted by molar-refractivity contribution is 5.82. The maximum absolute atomic E-state index is 11.7. The van der Waals surface area contributed by atoms with Crippen LogP contribution >= 0.6 is 0 Å². The van der Waals surface area contributed by atoms with E-state index in [2.05, 4.69) is 10.6 Å². The van der Waals surface area contributed by atoms with Crippen LogP contribution in [-0.2, 0) is 9.53 Å². The molecule has 3 N–H and O–H groups in total. The molecule has 17 heavy (non-hydrogen) atoms. The van der Waals surface area contributed by atoms with E-state index < -0.39 is 18.0 Å². The summed E-state index contributed by atoms with van der Waals surface area (Å²) in [6.07, 6.45) is 1.84. The number of amides is 2. The zero-order chi connectivity index (χ0) is 12.9. The van der Waals surface area contributed by atoms with Crippen molar-refractivity contribution in [2.75, 3.05) is 13.2 Å². The summed E-state index contributed by atoms with van der Waals surface area (Å²) >= 11 is 0. The highest BCUT2D eigenvalue weighted by Crippen LogP contribution is 2.19. The number of hydrogen-bond donors (Lipinski definition) is 3. The number of carboxylic acids is 1. The monoisotopic (exact) mass is 244 g/mol. The summed E-state index contributed by atoms with van der Waals surface area (Å²) in [7, 11) is 0. The predicted molar refractivity (Wildman–Crippen MR) is 61.8 cm³/mol. The molecule has 0 saturated carbocycles. The molecule has 1 saturated heterocycles. The number of carbonyl (C=O) groups is 2. The van der Waals surface area contributed by atoms with E-state index >= 15 is 0 Å². The highest BCUT2D eigenvalue weighted by Gasteiger charge is 2.30. The number of carbonyl (C=O) groups excluding carboxylic acids is 1. The third kappa shape index (κ3) is 4.22.